The Morgan fingerprint density at radius 1 is 1.07 bits per heavy atom. The molecule has 1 aliphatic rings. The number of hydrogen-bond donors (Lipinski definition) is 0. The van der Waals surface area contributed by atoms with Gasteiger partial charge in [0, 0.05) is 0 Å². The molecule has 1 aromatic carbocycles. The number of benzene rings is 1. The van der Waals surface area contributed by atoms with E-state index in [0.717, 1.165) is 0 Å². The highest BCUT2D eigenvalue weighted by atomic mass is 14.3. The minimum Gasteiger partial charge on any atom is -0.0689 e. The Labute approximate surface area is 86.7 Å². The third-order valence-corrected chi connectivity index (χ3v) is 3.41. The maximum atomic E-state index is 2.34. The van der Waals surface area contributed by atoms with Crippen LogP contribution in [0.25, 0.3) is 5.57 Å². The monoisotopic (exact) mass is 186 g/mol. The first kappa shape index (κ1) is 9.51. The lowest BCUT2D eigenvalue weighted by Crippen LogP contribution is -2.23. The van der Waals surface area contributed by atoms with Crippen molar-refractivity contribution in [1.82, 2.24) is 0 Å². The summed E-state index contributed by atoms with van der Waals surface area (Å²) < 4.78 is 0. The molecule has 0 spiro atoms. The van der Waals surface area contributed by atoms with Gasteiger partial charge in [-0.05, 0) is 42.4 Å². The van der Waals surface area contributed by atoms with Crippen molar-refractivity contribution < 1.29 is 0 Å². The first-order valence-corrected chi connectivity index (χ1v) is 5.28. The highest BCUT2D eigenvalue weighted by Gasteiger charge is 2.28. The quantitative estimate of drug-likeness (QED) is 0.570. The van der Waals surface area contributed by atoms with Gasteiger partial charge in [-0.2, -0.15) is 0 Å². The van der Waals surface area contributed by atoms with Crippen LogP contribution in [0, 0.1) is 0 Å². The summed E-state index contributed by atoms with van der Waals surface area (Å²) in [6.07, 6.45) is 1.19. The number of rotatable bonds is 0. The molecule has 14 heavy (non-hydrogen) atoms. The first-order valence-electron chi connectivity index (χ1n) is 5.28. The van der Waals surface area contributed by atoms with E-state index < -0.39 is 0 Å². The molecule has 0 heteroatoms. The molecule has 0 aromatic heterocycles. The van der Waals surface area contributed by atoms with Gasteiger partial charge in [-0.15, -0.1) is 0 Å². The molecular formula is C14H18. The van der Waals surface area contributed by atoms with Crippen LogP contribution < -0.4 is 0 Å². The first-order chi connectivity index (χ1) is 6.52. The third-order valence-electron chi connectivity index (χ3n) is 3.41. The van der Waals surface area contributed by atoms with E-state index in [4.69, 9.17) is 0 Å². The Morgan fingerprint density at radius 2 is 1.71 bits per heavy atom. The van der Waals surface area contributed by atoms with Crippen molar-refractivity contribution in [3.63, 3.8) is 0 Å². The predicted molar refractivity (Wildman–Crippen MR) is 62.4 cm³/mol. The molecule has 0 amide bonds. The van der Waals surface area contributed by atoms with Crippen LogP contribution in [0.15, 0.2) is 29.8 Å². The van der Waals surface area contributed by atoms with Crippen LogP contribution in [-0.2, 0) is 5.41 Å². The molecule has 74 valence electrons. The maximum Gasteiger partial charge on any atom is -0.00603 e. The molecule has 0 N–H and O–H groups in total. The van der Waals surface area contributed by atoms with E-state index in [1.165, 1.54) is 28.7 Å². The fraction of sp³-hybridized carbons (Fsp3) is 0.429. The average molecular weight is 186 g/mol. The van der Waals surface area contributed by atoms with Gasteiger partial charge in [0.2, 0.25) is 0 Å². The Hall–Kier alpha value is -1.04. The van der Waals surface area contributed by atoms with Gasteiger partial charge in [0.25, 0.3) is 0 Å². The van der Waals surface area contributed by atoms with Gasteiger partial charge in [0.15, 0.2) is 0 Å². The summed E-state index contributed by atoms with van der Waals surface area (Å²) in [5.74, 6) is 0. The zero-order valence-corrected chi connectivity index (χ0v) is 9.52. The van der Waals surface area contributed by atoms with Crippen LogP contribution in [0.4, 0.5) is 0 Å². The Balaban J connectivity index is 2.69. The molecule has 0 heterocycles. The van der Waals surface area contributed by atoms with E-state index >= 15 is 0 Å². The minimum atomic E-state index is 0.306. The van der Waals surface area contributed by atoms with Crippen LogP contribution in [0.3, 0.4) is 0 Å². The van der Waals surface area contributed by atoms with Crippen molar-refractivity contribution in [2.24, 2.45) is 0 Å². The summed E-state index contributed by atoms with van der Waals surface area (Å²) in [4.78, 5) is 0. The van der Waals surface area contributed by atoms with E-state index in [2.05, 4.69) is 52.0 Å². The van der Waals surface area contributed by atoms with Crippen LogP contribution in [0.2, 0.25) is 0 Å². The second-order valence-corrected chi connectivity index (χ2v) is 5.01. The molecule has 0 unspecified atom stereocenters. The summed E-state index contributed by atoms with van der Waals surface area (Å²) in [5.41, 5.74) is 6.26. The standard InChI is InChI=1S/C14H18/c1-10-9-14(3,4)13-8-6-5-7-12(13)11(10)2/h5-8H,9H2,1-4H3. The maximum absolute atomic E-state index is 2.34. The predicted octanol–water partition coefficient (Wildman–Crippen LogP) is 4.16. The van der Waals surface area contributed by atoms with Crippen molar-refractivity contribution in [1.29, 1.82) is 0 Å². The highest BCUT2D eigenvalue weighted by Crippen LogP contribution is 2.41. The lowest BCUT2D eigenvalue weighted by atomic mass is 9.71. The lowest BCUT2D eigenvalue weighted by Gasteiger charge is -2.34. The molecular weight excluding hydrogens is 168 g/mol. The minimum absolute atomic E-state index is 0.306. The number of allylic oxidation sites excluding steroid dienone is 2. The van der Waals surface area contributed by atoms with Gasteiger partial charge in [-0.1, -0.05) is 43.7 Å². The van der Waals surface area contributed by atoms with E-state index in [1.807, 2.05) is 0 Å². The van der Waals surface area contributed by atoms with Gasteiger partial charge in [-0.3, -0.25) is 0 Å². The van der Waals surface area contributed by atoms with E-state index in [9.17, 15) is 0 Å². The van der Waals surface area contributed by atoms with Crippen molar-refractivity contribution in [3.05, 3.63) is 41.0 Å². The van der Waals surface area contributed by atoms with Crippen molar-refractivity contribution in [3.8, 4) is 0 Å². The van der Waals surface area contributed by atoms with Crippen LogP contribution in [-0.4, -0.2) is 0 Å². The fourth-order valence-corrected chi connectivity index (χ4v) is 2.52. The average Bonchev–Trinajstić information content (AvgIpc) is 2.14. The van der Waals surface area contributed by atoms with Gasteiger partial charge in [-0.25, -0.2) is 0 Å². The fourth-order valence-electron chi connectivity index (χ4n) is 2.52. The lowest BCUT2D eigenvalue weighted by molar-refractivity contribution is 0.511. The van der Waals surface area contributed by atoms with Gasteiger partial charge < -0.3 is 0 Å². The molecule has 0 nitrogen and oxygen atoms in total. The smallest absolute Gasteiger partial charge is 0.00603 e. The van der Waals surface area contributed by atoms with Crippen molar-refractivity contribution >= 4 is 5.57 Å². The summed E-state index contributed by atoms with van der Waals surface area (Å²) in [5, 5.41) is 0. The topological polar surface area (TPSA) is 0 Å². The Morgan fingerprint density at radius 3 is 2.43 bits per heavy atom. The zero-order chi connectivity index (χ0) is 10.3. The van der Waals surface area contributed by atoms with Gasteiger partial charge in [0.1, 0.15) is 0 Å². The van der Waals surface area contributed by atoms with Gasteiger partial charge in [0.05, 0.1) is 0 Å². The van der Waals surface area contributed by atoms with E-state index in [0.29, 0.717) is 5.41 Å². The molecule has 0 atom stereocenters. The van der Waals surface area contributed by atoms with Crippen LogP contribution in [0.1, 0.15) is 45.2 Å². The summed E-state index contributed by atoms with van der Waals surface area (Å²) in [6, 6.07) is 8.80. The number of hydrogen-bond acceptors (Lipinski definition) is 0. The summed E-state index contributed by atoms with van der Waals surface area (Å²) in [7, 11) is 0. The molecule has 0 aliphatic heterocycles. The van der Waals surface area contributed by atoms with Gasteiger partial charge >= 0.3 is 0 Å². The zero-order valence-electron chi connectivity index (χ0n) is 9.52. The normalized spacial score (nSPS) is 19.4. The molecule has 2 rings (SSSR count). The molecule has 0 saturated carbocycles. The molecule has 1 aromatic rings. The molecule has 0 fully saturated rings. The van der Waals surface area contributed by atoms with Crippen molar-refractivity contribution in [2.45, 2.75) is 39.5 Å². The summed E-state index contributed by atoms with van der Waals surface area (Å²) >= 11 is 0. The summed E-state index contributed by atoms with van der Waals surface area (Å²) in [6.45, 7) is 9.17. The SMILES string of the molecule is CC1=C(C)c2ccccc2C(C)(C)C1. The van der Waals surface area contributed by atoms with E-state index in [1.54, 1.807) is 0 Å². The Kier molecular flexibility index (Phi) is 2.02. The van der Waals surface area contributed by atoms with E-state index in [-0.39, 0.29) is 0 Å². The molecule has 0 bridgehead atoms. The second kappa shape index (κ2) is 2.98. The molecule has 0 radical (unpaired) electrons. The largest absolute Gasteiger partial charge is 0.0689 e. The van der Waals surface area contributed by atoms with Crippen LogP contribution >= 0.6 is 0 Å². The number of fused-ring (bicyclic) bond motifs is 1. The highest BCUT2D eigenvalue weighted by molar-refractivity contribution is 5.72. The molecule has 0 saturated heterocycles. The van der Waals surface area contributed by atoms with Crippen LogP contribution in [0.5, 0.6) is 0 Å². The molecule has 1 aliphatic carbocycles. The third kappa shape index (κ3) is 1.30. The van der Waals surface area contributed by atoms with Crippen molar-refractivity contribution in [2.75, 3.05) is 0 Å². The second-order valence-electron chi connectivity index (χ2n) is 5.01. The Bertz CT molecular complexity index is 394.